The van der Waals surface area contributed by atoms with Crippen molar-refractivity contribution in [2.45, 2.75) is 6.42 Å². The Hall–Kier alpha value is -1.47. The van der Waals surface area contributed by atoms with Gasteiger partial charge in [0.15, 0.2) is 0 Å². The standard InChI is InChI=1S/C13H8Cl3N3/c14-9-5-8(6-10(15)11(9)16)13-12(18)7(1-3-17)2-4-19-13/h2,4-6H,1,18H2. The molecule has 1 heterocycles. The lowest BCUT2D eigenvalue weighted by Gasteiger charge is -2.10. The van der Waals surface area contributed by atoms with E-state index in [0.717, 1.165) is 5.56 Å². The zero-order valence-electron chi connectivity index (χ0n) is 9.62. The molecule has 0 bridgehead atoms. The van der Waals surface area contributed by atoms with E-state index < -0.39 is 0 Å². The van der Waals surface area contributed by atoms with Gasteiger partial charge in [-0.25, -0.2) is 0 Å². The average molecular weight is 313 g/mol. The molecule has 1 aromatic carbocycles. The van der Waals surface area contributed by atoms with Crippen molar-refractivity contribution in [2.75, 3.05) is 5.73 Å². The van der Waals surface area contributed by atoms with Crippen LogP contribution < -0.4 is 5.73 Å². The monoisotopic (exact) mass is 311 g/mol. The number of hydrogen-bond donors (Lipinski definition) is 1. The highest BCUT2D eigenvalue weighted by molar-refractivity contribution is 6.48. The van der Waals surface area contributed by atoms with Crippen molar-refractivity contribution >= 4 is 40.5 Å². The first-order valence-electron chi connectivity index (χ1n) is 5.29. The number of nitrogens with two attached hydrogens (primary N) is 1. The maximum Gasteiger partial charge on any atom is 0.0935 e. The first kappa shape index (κ1) is 14.0. The first-order chi connectivity index (χ1) is 9.04. The van der Waals surface area contributed by atoms with Crippen molar-refractivity contribution in [3.05, 3.63) is 45.0 Å². The fraction of sp³-hybridized carbons (Fsp3) is 0.0769. The Labute approximate surface area is 125 Å². The van der Waals surface area contributed by atoms with Crippen LogP contribution in [-0.4, -0.2) is 4.98 Å². The highest BCUT2D eigenvalue weighted by atomic mass is 35.5. The van der Waals surface area contributed by atoms with Crippen LogP contribution in [0.25, 0.3) is 11.3 Å². The minimum absolute atomic E-state index is 0.219. The van der Waals surface area contributed by atoms with Gasteiger partial charge in [-0.15, -0.1) is 0 Å². The van der Waals surface area contributed by atoms with Gasteiger partial charge in [-0.2, -0.15) is 5.26 Å². The van der Waals surface area contributed by atoms with Crippen LogP contribution in [0, 0.1) is 11.3 Å². The molecule has 6 heteroatoms. The van der Waals surface area contributed by atoms with E-state index in [-0.39, 0.29) is 6.42 Å². The van der Waals surface area contributed by atoms with Gasteiger partial charge in [0, 0.05) is 11.8 Å². The minimum atomic E-state index is 0.219. The summed E-state index contributed by atoms with van der Waals surface area (Å²) >= 11 is 17.9. The Bertz CT molecular complexity index is 654. The summed E-state index contributed by atoms with van der Waals surface area (Å²) in [6.07, 6.45) is 1.81. The van der Waals surface area contributed by atoms with Crippen molar-refractivity contribution in [1.29, 1.82) is 5.26 Å². The second kappa shape index (κ2) is 5.66. The quantitative estimate of drug-likeness (QED) is 0.838. The first-order valence-corrected chi connectivity index (χ1v) is 6.43. The Morgan fingerprint density at radius 1 is 1.21 bits per heavy atom. The smallest absolute Gasteiger partial charge is 0.0935 e. The summed E-state index contributed by atoms with van der Waals surface area (Å²) in [5.74, 6) is 0. The van der Waals surface area contributed by atoms with Gasteiger partial charge in [0.25, 0.3) is 0 Å². The molecule has 0 unspecified atom stereocenters. The van der Waals surface area contributed by atoms with Crippen molar-refractivity contribution in [2.24, 2.45) is 0 Å². The fourth-order valence-electron chi connectivity index (χ4n) is 1.67. The number of nitrogens with zero attached hydrogens (tertiary/aromatic N) is 2. The van der Waals surface area contributed by atoms with Crippen LogP contribution in [0.5, 0.6) is 0 Å². The molecule has 0 amide bonds. The summed E-state index contributed by atoms with van der Waals surface area (Å²) in [5, 5.41) is 9.69. The van der Waals surface area contributed by atoms with Gasteiger partial charge in [-0.1, -0.05) is 34.8 Å². The second-order valence-electron chi connectivity index (χ2n) is 3.82. The summed E-state index contributed by atoms with van der Waals surface area (Å²) in [5.41, 5.74) is 8.37. The molecule has 19 heavy (non-hydrogen) atoms. The van der Waals surface area contributed by atoms with E-state index >= 15 is 0 Å². The number of hydrogen-bond acceptors (Lipinski definition) is 3. The third kappa shape index (κ3) is 2.76. The number of nitriles is 1. The maximum absolute atomic E-state index is 8.74. The normalized spacial score (nSPS) is 10.2. The Morgan fingerprint density at radius 3 is 2.42 bits per heavy atom. The third-order valence-corrected chi connectivity index (χ3v) is 3.80. The van der Waals surface area contributed by atoms with Crippen molar-refractivity contribution in [1.82, 2.24) is 4.98 Å². The number of halogens is 3. The molecule has 0 spiro atoms. The van der Waals surface area contributed by atoms with Crippen LogP contribution in [-0.2, 0) is 6.42 Å². The Morgan fingerprint density at radius 2 is 1.84 bits per heavy atom. The van der Waals surface area contributed by atoms with E-state index in [4.69, 9.17) is 45.8 Å². The Balaban J connectivity index is 2.60. The van der Waals surface area contributed by atoms with Crippen LogP contribution in [0.1, 0.15) is 5.56 Å². The van der Waals surface area contributed by atoms with Crippen LogP contribution in [0.2, 0.25) is 15.1 Å². The fourth-order valence-corrected chi connectivity index (χ4v) is 2.27. The molecule has 96 valence electrons. The minimum Gasteiger partial charge on any atom is -0.397 e. The van der Waals surface area contributed by atoms with Crippen LogP contribution in [0.3, 0.4) is 0 Å². The lowest BCUT2D eigenvalue weighted by Crippen LogP contribution is -1.99. The predicted molar refractivity (Wildman–Crippen MR) is 78.4 cm³/mol. The molecule has 0 fully saturated rings. The molecule has 0 radical (unpaired) electrons. The van der Waals surface area contributed by atoms with Gasteiger partial charge in [-0.3, -0.25) is 4.98 Å². The summed E-state index contributed by atoms with van der Waals surface area (Å²) < 4.78 is 0. The van der Waals surface area contributed by atoms with Gasteiger partial charge in [0.05, 0.1) is 38.9 Å². The van der Waals surface area contributed by atoms with E-state index in [1.807, 2.05) is 0 Å². The highest BCUT2D eigenvalue weighted by Gasteiger charge is 2.12. The predicted octanol–water partition coefficient (Wildman–Crippen LogP) is 4.36. The number of anilines is 1. The summed E-state index contributed by atoms with van der Waals surface area (Å²) in [6, 6.07) is 7.05. The van der Waals surface area contributed by atoms with E-state index in [9.17, 15) is 0 Å². The van der Waals surface area contributed by atoms with Gasteiger partial charge in [0.1, 0.15) is 0 Å². The van der Waals surface area contributed by atoms with Gasteiger partial charge in [0.2, 0.25) is 0 Å². The lowest BCUT2D eigenvalue weighted by atomic mass is 10.1. The van der Waals surface area contributed by atoms with E-state index in [1.165, 1.54) is 0 Å². The number of pyridine rings is 1. The summed E-state index contributed by atoms with van der Waals surface area (Å²) in [7, 11) is 0. The van der Waals surface area contributed by atoms with Crippen molar-refractivity contribution < 1.29 is 0 Å². The topological polar surface area (TPSA) is 62.7 Å². The van der Waals surface area contributed by atoms with E-state index in [1.54, 1.807) is 24.4 Å². The van der Waals surface area contributed by atoms with E-state index in [2.05, 4.69) is 11.1 Å². The van der Waals surface area contributed by atoms with Crippen LogP contribution in [0.15, 0.2) is 24.4 Å². The SMILES string of the molecule is N#CCc1ccnc(-c2cc(Cl)c(Cl)c(Cl)c2)c1N. The molecule has 0 saturated heterocycles. The van der Waals surface area contributed by atoms with Gasteiger partial charge >= 0.3 is 0 Å². The molecule has 0 saturated carbocycles. The molecule has 3 nitrogen and oxygen atoms in total. The summed E-state index contributed by atoms with van der Waals surface area (Å²) in [4.78, 5) is 4.21. The number of benzene rings is 1. The molecular formula is C13H8Cl3N3. The van der Waals surface area contributed by atoms with Gasteiger partial charge < -0.3 is 5.73 Å². The molecule has 2 N–H and O–H groups in total. The number of aromatic nitrogens is 1. The van der Waals surface area contributed by atoms with Crippen molar-refractivity contribution in [3.63, 3.8) is 0 Å². The molecule has 0 aliphatic heterocycles. The Kier molecular flexibility index (Phi) is 4.16. The largest absolute Gasteiger partial charge is 0.397 e. The molecule has 0 aliphatic rings. The zero-order valence-corrected chi connectivity index (χ0v) is 11.9. The molecular weight excluding hydrogens is 305 g/mol. The third-order valence-electron chi connectivity index (χ3n) is 2.61. The molecule has 0 aliphatic carbocycles. The number of nitrogen functional groups attached to an aromatic ring is 1. The number of rotatable bonds is 2. The lowest BCUT2D eigenvalue weighted by molar-refractivity contribution is 1.22. The molecule has 2 rings (SSSR count). The van der Waals surface area contributed by atoms with E-state index in [0.29, 0.717) is 32.0 Å². The molecule has 2 aromatic rings. The van der Waals surface area contributed by atoms with Gasteiger partial charge in [-0.05, 0) is 23.8 Å². The molecule has 1 aromatic heterocycles. The van der Waals surface area contributed by atoms with Crippen molar-refractivity contribution in [3.8, 4) is 17.3 Å². The average Bonchev–Trinajstić information content (AvgIpc) is 2.38. The zero-order chi connectivity index (χ0) is 14.0. The highest BCUT2D eigenvalue weighted by Crippen LogP contribution is 2.36. The summed E-state index contributed by atoms with van der Waals surface area (Å²) in [6.45, 7) is 0. The van der Waals surface area contributed by atoms with Crippen LogP contribution in [0.4, 0.5) is 5.69 Å². The maximum atomic E-state index is 8.74. The molecule has 0 atom stereocenters. The van der Waals surface area contributed by atoms with Crippen LogP contribution >= 0.6 is 34.8 Å². The second-order valence-corrected chi connectivity index (χ2v) is 5.01.